The van der Waals surface area contributed by atoms with E-state index in [4.69, 9.17) is 9.26 Å². The number of likely N-dealkylation sites (tertiary alicyclic amines) is 1. The van der Waals surface area contributed by atoms with Gasteiger partial charge in [-0.15, -0.1) is 0 Å². The maximum atomic E-state index is 12.3. The number of hydrogen-bond acceptors (Lipinski definition) is 6. The average Bonchev–Trinajstić information content (AvgIpc) is 3.33. The van der Waals surface area contributed by atoms with Gasteiger partial charge in [0, 0.05) is 24.2 Å². The fourth-order valence-electron chi connectivity index (χ4n) is 3.29. The van der Waals surface area contributed by atoms with E-state index in [0.29, 0.717) is 29.7 Å². The molecule has 2 heterocycles. The van der Waals surface area contributed by atoms with E-state index in [1.54, 1.807) is 30.3 Å². The van der Waals surface area contributed by atoms with Crippen LogP contribution in [0.1, 0.15) is 53.3 Å². The van der Waals surface area contributed by atoms with E-state index in [1.807, 2.05) is 0 Å². The lowest BCUT2D eigenvalue weighted by molar-refractivity contribution is 0.0931. The van der Waals surface area contributed by atoms with Crippen molar-refractivity contribution in [2.75, 3.05) is 19.6 Å². The molecule has 0 bridgehead atoms. The van der Waals surface area contributed by atoms with Gasteiger partial charge in [-0.25, -0.2) is 0 Å². The van der Waals surface area contributed by atoms with E-state index in [-0.39, 0.29) is 24.0 Å². The van der Waals surface area contributed by atoms with Gasteiger partial charge in [0.1, 0.15) is 12.4 Å². The standard InChI is InChI=1S/C20H25N3O4/c1-3-23-9-5-7-16(23)12-21-20(25)19-11-18(27-22-19)13-26-17-8-4-6-15(10-17)14(2)24/h4,6,8,10-11,16H,3,5,7,9,12-13H2,1-2H3,(H,21,25)/t16-/m1/s1. The molecule has 1 aromatic carbocycles. The number of hydrogen-bond donors (Lipinski definition) is 1. The molecule has 1 aromatic heterocycles. The second-order valence-corrected chi connectivity index (χ2v) is 6.69. The summed E-state index contributed by atoms with van der Waals surface area (Å²) < 4.78 is 10.8. The SMILES string of the molecule is CCN1CCC[C@@H]1CNC(=O)c1cc(COc2cccc(C(C)=O)c2)on1. The van der Waals surface area contributed by atoms with Crippen LogP contribution in [-0.4, -0.2) is 47.4 Å². The van der Waals surface area contributed by atoms with Crippen LogP contribution in [0.15, 0.2) is 34.9 Å². The van der Waals surface area contributed by atoms with E-state index in [2.05, 4.69) is 22.3 Å². The lowest BCUT2D eigenvalue weighted by atomic mass is 10.1. The second-order valence-electron chi connectivity index (χ2n) is 6.69. The summed E-state index contributed by atoms with van der Waals surface area (Å²) >= 11 is 0. The Balaban J connectivity index is 1.51. The fraction of sp³-hybridized carbons (Fsp3) is 0.450. The molecule has 27 heavy (non-hydrogen) atoms. The van der Waals surface area contributed by atoms with Crippen LogP contribution in [0.5, 0.6) is 5.75 Å². The fourth-order valence-corrected chi connectivity index (χ4v) is 3.29. The average molecular weight is 371 g/mol. The van der Waals surface area contributed by atoms with Gasteiger partial charge in [-0.05, 0) is 45.0 Å². The molecule has 1 aliphatic rings. The molecule has 0 saturated carbocycles. The van der Waals surface area contributed by atoms with Crippen LogP contribution in [-0.2, 0) is 6.61 Å². The molecular formula is C20H25N3O4. The third-order valence-electron chi connectivity index (χ3n) is 4.82. The van der Waals surface area contributed by atoms with E-state index >= 15 is 0 Å². The van der Waals surface area contributed by atoms with E-state index in [9.17, 15) is 9.59 Å². The normalized spacial score (nSPS) is 17.0. The summed E-state index contributed by atoms with van der Waals surface area (Å²) in [5, 5.41) is 6.75. The van der Waals surface area contributed by atoms with Crippen LogP contribution in [0.3, 0.4) is 0 Å². The van der Waals surface area contributed by atoms with Crippen molar-refractivity contribution in [3.63, 3.8) is 0 Å². The molecule has 3 rings (SSSR count). The topological polar surface area (TPSA) is 84.7 Å². The summed E-state index contributed by atoms with van der Waals surface area (Å²) in [4.78, 5) is 26.1. The van der Waals surface area contributed by atoms with Gasteiger partial charge in [-0.2, -0.15) is 0 Å². The number of benzene rings is 1. The van der Waals surface area contributed by atoms with Crippen LogP contribution in [0.4, 0.5) is 0 Å². The van der Waals surface area contributed by atoms with Crippen molar-refractivity contribution in [2.45, 2.75) is 39.3 Å². The number of likely N-dealkylation sites (N-methyl/N-ethyl adjacent to an activating group) is 1. The van der Waals surface area contributed by atoms with Gasteiger partial charge in [0.2, 0.25) is 0 Å². The van der Waals surface area contributed by atoms with Crippen molar-refractivity contribution >= 4 is 11.7 Å². The number of amides is 1. The predicted molar refractivity (Wildman–Crippen MR) is 99.9 cm³/mol. The molecule has 0 radical (unpaired) electrons. The predicted octanol–water partition coefficient (Wildman–Crippen LogP) is 2.67. The maximum Gasteiger partial charge on any atom is 0.273 e. The Morgan fingerprint density at radius 3 is 3.00 bits per heavy atom. The van der Waals surface area contributed by atoms with Crippen LogP contribution in [0.25, 0.3) is 0 Å². The van der Waals surface area contributed by atoms with Crippen molar-refractivity contribution in [1.29, 1.82) is 0 Å². The molecular weight excluding hydrogens is 346 g/mol. The molecule has 1 atom stereocenters. The molecule has 1 aliphatic heterocycles. The number of aromatic nitrogens is 1. The zero-order valence-electron chi connectivity index (χ0n) is 15.7. The van der Waals surface area contributed by atoms with Crippen LogP contribution < -0.4 is 10.1 Å². The number of rotatable bonds is 8. The molecule has 144 valence electrons. The molecule has 7 heteroatoms. The Morgan fingerprint density at radius 1 is 1.37 bits per heavy atom. The Morgan fingerprint density at radius 2 is 2.22 bits per heavy atom. The third kappa shape index (κ3) is 4.95. The largest absolute Gasteiger partial charge is 0.486 e. The lowest BCUT2D eigenvalue weighted by Gasteiger charge is -2.22. The molecule has 0 spiro atoms. The molecule has 1 amide bonds. The van der Waals surface area contributed by atoms with Gasteiger partial charge in [0.05, 0.1) is 0 Å². The molecule has 1 N–H and O–H groups in total. The van der Waals surface area contributed by atoms with E-state index < -0.39 is 0 Å². The number of carbonyl (C=O) groups is 2. The van der Waals surface area contributed by atoms with Gasteiger partial charge in [-0.1, -0.05) is 24.2 Å². The van der Waals surface area contributed by atoms with Gasteiger partial charge in [-0.3, -0.25) is 14.5 Å². The molecule has 0 unspecified atom stereocenters. The highest BCUT2D eigenvalue weighted by Gasteiger charge is 2.24. The van der Waals surface area contributed by atoms with Gasteiger partial charge < -0.3 is 14.6 Å². The van der Waals surface area contributed by atoms with Crippen molar-refractivity contribution in [2.24, 2.45) is 0 Å². The highest BCUT2D eigenvalue weighted by molar-refractivity contribution is 5.94. The van der Waals surface area contributed by atoms with E-state index in [0.717, 1.165) is 19.5 Å². The van der Waals surface area contributed by atoms with Crippen molar-refractivity contribution in [3.05, 3.63) is 47.3 Å². The Hall–Kier alpha value is -2.67. The number of ether oxygens (including phenoxy) is 1. The second kappa shape index (κ2) is 8.81. The number of carbonyl (C=O) groups excluding carboxylic acids is 2. The number of nitrogens with one attached hydrogen (secondary N) is 1. The number of nitrogens with zero attached hydrogens (tertiary/aromatic N) is 2. The van der Waals surface area contributed by atoms with E-state index in [1.165, 1.54) is 13.3 Å². The Kier molecular flexibility index (Phi) is 6.24. The maximum absolute atomic E-state index is 12.3. The number of ketones is 1. The summed E-state index contributed by atoms with van der Waals surface area (Å²) in [6.45, 7) is 6.48. The number of Topliss-reactive ketones (excluding diaryl/α,β-unsaturated/α-hetero) is 1. The highest BCUT2D eigenvalue weighted by Crippen LogP contribution is 2.17. The minimum absolute atomic E-state index is 0.0250. The minimum atomic E-state index is -0.244. The van der Waals surface area contributed by atoms with Gasteiger partial charge in [0.25, 0.3) is 5.91 Å². The van der Waals surface area contributed by atoms with Crippen molar-refractivity contribution in [1.82, 2.24) is 15.4 Å². The first-order valence-corrected chi connectivity index (χ1v) is 9.28. The minimum Gasteiger partial charge on any atom is -0.486 e. The summed E-state index contributed by atoms with van der Waals surface area (Å²) in [6, 6.07) is 8.90. The van der Waals surface area contributed by atoms with Crippen molar-refractivity contribution in [3.8, 4) is 5.75 Å². The molecule has 0 aliphatic carbocycles. The smallest absolute Gasteiger partial charge is 0.273 e. The van der Waals surface area contributed by atoms with Gasteiger partial charge >= 0.3 is 0 Å². The third-order valence-corrected chi connectivity index (χ3v) is 4.82. The monoisotopic (exact) mass is 371 g/mol. The summed E-state index contributed by atoms with van der Waals surface area (Å²) in [7, 11) is 0. The molecule has 1 saturated heterocycles. The lowest BCUT2D eigenvalue weighted by Crippen LogP contribution is -2.40. The Bertz CT molecular complexity index is 802. The summed E-state index contributed by atoms with van der Waals surface area (Å²) in [6.07, 6.45) is 2.27. The van der Waals surface area contributed by atoms with Crippen LogP contribution in [0, 0.1) is 0 Å². The van der Waals surface area contributed by atoms with Gasteiger partial charge in [0.15, 0.2) is 17.2 Å². The zero-order chi connectivity index (χ0) is 19.2. The first-order chi connectivity index (χ1) is 13.1. The Labute approximate surface area is 158 Å². The van der Waals surface area contributed by atoms with Crippen LogP contribution >= 0.6 is 0 Å². The van der Waals surface area contributed by atoms with Crippen molar-refractivity contribution < 1.29 is 18.8 Å². The first-order valence-electron chi connectivity index (χ1n) is 9.28. The molecule has 7 nitrogen and oxygen atoms in total. The molecule has 1 fully saturated rings. The summed E-state index contributed by atoms with van der Waals surface area (Å²) in [5.74, 6) is 0.741. The van der Waals surface area contributed by atoms with Crippen LogP contribution in [0.2, 0.25) is 0 Å². The molecule has 2 aromatic rings. The highest BCUT2D eigenvalue weighted by atomic mass is 16.5. The zero-order valence-corrected chi connectivity index (χ0v) is 15.7. The summed E-state index contributed by atoms with van der Waals surface area (Å²) in [5.41, 5.74) is 0.824. The first kappa shape index (κ1) is 19.1. The quantitative estimate of drug-likeness (QED) is 0.718.